The summed E-state index contributed by atoms with van der Waals surface area (Å²) >= 11 is 0. The number of ether oxygens (including phenoxy) is 2. The van der Waals surface area contributed by atoms with Gasteiger partial charge in [-0.05, 0) is 83.5 Å². The summed E-state index contributed by atoms with van der Waals surface area (Å²) in [5, 5.41) is 0. The average Bonchev–Trinajstić information content (AvgIpc) is 3.36. The van der Waals surface area contributed by atoms with Gasteiger partial charge < -0.3 is 18.9 Å². The molecule has 0 saturated carbocycles. The second kappa shape index (κ2) is 55.2. The monoisotopic (exact) mass is 1060 g/mol. The number of hydrogen-bond acceptors (Lipinski definition) is 7. The van der Waals surface area contributed by atoms with Crippen molar-refractivity contribution >= 4 is 19.8 Å². The van der Waals surface area contributed by atoms with Crippen molar-refractivity contribution in [1.82, 2.24) is 0 Å². The Morgan fingerprint density at radius 3 is 1.15 bits per heavy atom. The Bertz CT molecular complexity index is 1480. The number of rotatable bonds is 56. The highest BCUT2D eigenvalue weighted by molar-refractivity contribution is 7.47. The van der Waals surface area contributed by atoms with E-state index in [1.54, 1.807) is 0 Å². The van der Waals surface area contributed by atoms with Crippen LogP contribution in [0, 0.1) is 0 Å². The second-order valence-electron chi connectivity index (χ2n) is 21.7. The number of carbonyl (C=O) groups is 2. The van der Waals surface area contributed by atoms with Gasteiger partial charge in [0.15, 0.2) is 6.10 Å². The van der Waals surface area contributed by atoms with E-state index in [1.807, 2.05) is 21.1 Å². The maximum absolute atomic E-state index is 12.8. The molecule has 0 saturated heterocycles. The minimum Gasteiger partial charge on any atom is -0.462 e. The van der Waals surface area contributed by atoms with Gasteiger partial charge in [-0.3, -0.25) is 18.6 Å². The van der Waals surface area contributed by atoms with Crippen LogP contribution in [0.5, 0.6) is 0 Å². The minimum absolute atomic E-state index is 0.0289. The van der Waals surface area contributed by atoms with Crippen LogP contribution in [0.2, 0.25) is 0 Å². The summed E-state index contributed by atoms with van der Waals surface area (Å²) in [5.74, 6) is -0.806. The number of likely N-dealkylation sites (N-methyl/N-ethyl adjacent to an activating group) is 1. The maximum Gasteiger partial charge on any atom is 0.472 e. The van der Waals surface area contributed by atoms with Crippen molar-refractivity contribution < 1.29 is 42.1 Å². The van der Waals surface area contributed by atoms with Crippen LogP contribution in [0.4, 0.5) is 0 Å². The third kappa shape index (κ3) is 58.7. The highest BCUT2D eigenvalue weighted by atomic mass is 31.2. The number of hydrogen-bond donors (Lipinski definition) is 1. The molecule has 10 heteroatoms. The van der Waals surface area contributed by atoms with Crippen LogP contribution >= 0.6 is 7.82 Å². The van der Waals surface area contributed by atoms with E-state index in [2.05, 4.69) is 86.8 Å². The first kappa shape index (κ1) is 71.5. The fourth-order valence-corrected chi connectivity index (χ4v) is 9.25. The average molecular weight is 1060 g/mol. The fourth-order valence-electron chi connectivity index (χ4n) is 8.51. The molecule has 74 heavy (non-hydrogen) atoms. The lowest BCUT2D eigenvalue weighted by molar-refractivity contribution is -0.870. The van der Waals surface area contributed by atoms with Crippen molar-refractivity contribution in [3.63, 3.8) is 0 Å². The van der Waals surface area contributed by atoms with E-state index in [9.17, 15) is 19.0 Å². The van der Waals surface area contributed by atoms with E-state index >= 15 is 0 Å². The van der Waals surface area contributed by atoms with E-state index in [1.165, 1.54) is 154 Å². The van der Waals surface area contributed by atoms with Gasteiger partial charge in [-0.2, -0.15) is 0 Å². The molecule has 9 nitrogen and oxygen atoms in total. The molecule has 0 aromatic heterocycles. The first-order chi connectivity index (χ1) is 36.0. The third-order valence-electron chi connectivity index (χ3n) is 13.2. The van der Waals surface area contributed by atoms with Crippen molar-refractivity contribution in [3.8, 4) is 0 Å². The third-order valence-corrected chi connectivity index (χ3v) is 14.2. The summed E-state index contributed by atoms with van der Waals surface area (Å²) in [5.41, 5.74) is 0. The van der Waals surface area contributed by atoms with Crippen LogP contribution in [0.3, 0.4) is 0 Å². The van der Waals surface area contributed by atoms with Crippen LogP contribution in [0.15, 0.2) is 72.9 Å². The molecule has 0 aliphatic carbocycles. The summed E-state index contributed by atoms with van der Waals surface area (Å²) in [6, 6.07) is 0. The normalized spacial score (nSPS) is 13.8. The van der Waals surface area contributed by atoms with Gasteiger partial charge in [-0.15, -0.1) is 0 Å². The van der Waals surface area contributed by atoms with E-state index < -0.39 is 26.5 Å². The lowest BCUT2D eigenvalue weighted by Gasteiger charge is -2.24. The van der Waals surface area contributed by atoms with Crippen LogP contribution in [-0.2, 0) is 32.7 Å². The van der Waals surface area contributed by atoms with Gasteiger partial charge in [-0.25, -0.2) is 4.57 Å². The molecule has 0 bridgehead atoms. The Morgan fingerprint density at radius 2 is 0.770 bits per heavy atom. The fraction of sp³-hybridized carbons (Fsp3) is 0.781. The molecule has 0 aromatic carbocycles. The zero-order chi connectivity index (χ0) is 54.2. The Balaban J connectivity index is 3.99. The molecular weight excluding hydrogens is 942 g/mol. The SMILES string of the molecule is CC/C=C\C/C=C\C/C=C\C/C=C\CCCCCCCCCCCCCCCCCCCCCCCCC(=O)OC(COC(=O)CCCCCCC/C=C\C/C=C\CCCCC)COP(=O)(O)OCC[N+](C)(C)C. The van der Waals surface area contributed by atoms with Gasteiger partial charge >= 0.3 is 19.8 Å². The number of quaternary nitrogens is 1. The number of carbonyl (C=O) groups excluding carboxylic acids is 2. The number of nitrogens with zero attached hydrogens (tertiary/aromatic N) is 1. The molecule has 1 N–H and O–H groups in total. The molecule has 2 atom stereocenters. The molecule has 0 aliphatic heterocycles. The quantitative estimate of drug-likeness (QED) is 0.0211. The first-order valence-corrected chi connectivity index (χ1v) is 32.2. The van der Waals surface area contributed by atoms with Gasteiger partial charge in [0, 0.05) is 12.8 Å². The molecule has 0 fully saturated rings. The Hall–Kier alpha value is -2.55. The van der Waals surface area contributed by atoms with Crippen LogP contribution in [0.1, 0.15) is 271 Å². The second-order valence-corrected chi connectivity index (χ2v) is 23.2. The smallest absolute Gasteiger partial charge is 0.462 e. The molecule has 0 radical (unpaired) electrons. The molecule has 2 unspecified atom stereocenters. The number of allylic oxidation sites excluding steroid dienone is 12. The summed E-state index contributed by atoms with van der Waals surface area (Å²) in [7, 11) is 1.47. The van der Waals surface area contributed by atoms with Crippen molar-refractivity contribution in [1.29, 1.82) is 0 Å². The van der Waals surface area contributed by atoms with Crippen LogP contribution < -0.4 is 0 Å². The predicted molar refractivity (Wildman–Crippen MR) is 316 cm³/mol. The molecule has 0 rings (SSSR count). The summed E-state index contributed by atoms with van der Waals surface area (Å²) in [6.07, 6.45) is 72.8. The zero-order valence-corrected chi connectivity index (χ0v) is 49.7. The maximum atomic E-state index is 12.8. The molecule has 0 heterocycles. The molecule has 0 spiro atoms. The van der Waals surface area contributed by atoms with E-state index in [0.717, 1.165) is 83.5 Å². The standard InChI is InChI=1S/C64H116NO8P/c1-6-8-10-12-14-16-18-20-22-23-24-25-26-27-28-29-30-31-32-33-34-35-36-37-38-39-40-41-43-45-47-49-51-53-55-57-64(67)73-62(61-72-74(68,69)71-59-58-65(3,4)5)60-70-63(66)56-54-52-50-48-46-44-42-21-19-17-15-13-11-9-7-2/h8,10,14-17,20-22,24-25,42,62H,6-7,9,11-13,18-19,23,26-41,43-61H2,1-5H3/p+1/b10-8-,16-14-,17-15-,22-20-,25-24-,42-21-. The Labute approximate surface area is 457 Å². The summed E-state index contributed by atoms with van der Waals surface area (Å²) < 4.78 is 34.5. The molecule has 430 valence electrons. The zero-order valence-electron chi connectivity index (χ0n) is 48.8. The number of phosphoric ester groups is 1. The molecular formula is C64H117NO8P+. The van der Waals surface area contributed by atoms with Gasteiger partial charge in [-0.1, -0.05) is 247 Å². The molecule has 0 aromatic rings. The van der Waals surface area contributed by atoms with E-state index in [-0.39, 0.29) is 32.0 Å². The van der Waals surface area contributed by atoms with Crippen LogP contribution in [0.25, 0.3) is 0 Å². The molecule has 0 amide bonds. The van der Waals surface area contributed by atoms with Gasteiger partial charge in [0.2, 0.25) is 0 Å². The van der Waals surface area contributed by atoms with Gasteiger partial charge in [0.05, 0.1) is 27.7 Å². The highest BCUT2D eigenvalue weighted by Crippen LogP contribution is 2.43. The van der Waals surface area contributed by atoms with Crippen LogP contribution in [-0.4, -0.2) is 74.9 Å². The van der Waals surface area contributed by atoms with E-state index in [0.29, 0.717) is 17.4 Å². The summed E-state index contributed by atoms with van der Waals surface area (Å²) in [4.78, 5) is 35.7. The van der Waals surface area contributed by atoms with Crippen molar-refractivity contribution in [2.75, 3.05) is 47.5 Å². The topological polar surface area (TPSA) is 108 Å². The number of unbranched alkanes of at least 4 members (excludes halogenated alkanes) is 30. The first-order valence-electron chi connectivity index (χ1n) is 30.7. The number of esters is 2. The predicted octanol–water partition coefficient (Wildman–Crippen LogP) is 19.3. The minimum atomic E-state index is -4.39. The molecule has 0 aliphatic rings. The van der Waals surface area contributed by atoms with Crippen molar-refractivity contribution in [3.05, 3.63) is 72.9 Å². The van der Waals surface area contributed by atoms with Gasteiger partial charge in [0.1, 0.15) is 19.8 Å². The Kier molecular flexibility index (Phi) is 53.3. The lowest BCUT2D eigenvalue weighted by atomic mass is 10.0. The van der Waals surface area contributed by atoms with Gasteiger partial charge in [0.25, 0.3) is 0 Å². The number of phosphoric acid groups is 1. The Morgan fingerprint density at radius 1 is 0.432 bits per heavy atom. The van der Waals surface area contributed by atoms with Crippen molar-refractivity contribution in [2.45, 2.75) is 277 Å². The summed E-state index contributed by atoms with van der Waals surface area (Å²) in [6.45, 7) is 4.30. The lowest BCUT2D eigenvalue weighted by Crippen LogP contribution is -2.37. The van der Waals surface area contributed by atoms with Crippen molar-refractivity contribution in [2.24, 2.45) is 0 Å². The highest BCUT2D eigenvalue weighted by Gasteiger charge is 2.27. The largest absolute Gasteiger partial charge is 0.472 e. The van der Waals surface area contributed by atoms with E-state index in [4.69, 9.17) is 18.5 Å².